The molecule has 0 amide bonds. The zero-order valence-corrected chi connectivity index (χ0v) is 9.23. The first-order chi connectivity index (χ1) is 7.16. The smallest absolute Gasteiger partial charge is 0.125 e. The maximum absolute atomic E-state index is 13.0. The Bertz CT molecular complexity index is 435. The number of halogens is 2. The van der Waals surface area contributed by atoms with Crippen LogP contribution in [0.4, 0.5) is 4.39 Å². The van der Waals surface area contributed by atoms with Crippen LogP contribution in [0.1, 0.15) is 16.5 Å². The van der Waals surface area contributed by atoms with Gasteiger partial charge in [-0.25, -0.2) is 4.39 Å². The topological polar surface area (TPSA) is 20.2 Å². The zero-order chi connectivity index (χ0) is 10.8. The molecule has 2 aromatic rings. The third kappa shape index (κ3) is 2.37. The van der Waals surface area contributed by atoms with Gasteiger partial charge in [-0.05, 0) is 35.2 Å². The molecule has 0 spiro atoms. The molecule has 0 bridgehead atoms. The largest absolute Gasteiger partial charge is 0.383 e. The zero-order valence-electron chi connectivity index (χ0n) is 7.65. The van der Waals surface area contributed by atoms with Crippen LogP contribution in [0.3, 0.4) is 0 Å². The highest BCUT2D eigenvalue weighted by atomic mass is 35.5. The molecule has 1 aromatic carbocycles. The fourth-order valence-electron chi connectivity index (χ4n) is 1.34. The lowest BCUT2D eigenvalue weighted by Crippen LogP contribution is -1.97. The van der Waals surface area contributed by atoms with E-state index >= 15 is 0 Å². The van der Waals surface area contributed by atoms with Gasteiger partial charge >= 0.3 is 0 Å². The first kappa shape index (κ1) is 10.6. The minimum Gasteiger partial charge on any atom is -0.383 e. The second-order valence-electron chi connectivity index (χ2n) is 3.12. The van der Waals surface area contributed by atoms with Crippen LogP contribution in [-0.2, 0) is 0 Å². The first-order valence-electron chi connectivity index (χ1n) is 4.34. The minimum atomic E-state index is -0.807. The van der Waals surface area contributed by atoms with E-state index in [0.717, 1.165) is 4.88 Å². The normalized spacial score (nSPS) is 12.7. The van der Waals surface area contributed by atoms with E-state index in [1.807, 2.05) is 11.4 Å². The van der Waals surface area contributed by atoms with E-state index in [9.17, 15) is 9.50 Å². The number of hydrogen-bond acceptors (Lipinski definition) is 2. The Labute approximate surface area is 95.8 Å². The molecule has 0 saturated carbocycles. The van der Waals surface area contributed by atoms with Crippen molar-refractivity contribution in [2.45, 2.75) is 6.10 Å². The van der Waals surface area contributed by atoms with Crippen molar-refractivity contribution in [1.82, 2.24) is 0 Å². The summed E-state index contributed by atoms with van der Waals surface area (Å²) in [5.74, 6) is -0.437. The molecule has 0 aliphatic heterocycles. The maximum atomic E-state index is 13.0. The molecule has 0 unspecified atom stereocenters. The Morgan fingerprint density at radius 1 is 1.33 bits per heavy atom. The van der Waals surface area contributed by atoms with Crippen LogP contribution in [0.25, 0.3) is 0 Å². The molecule has 15 heavy (non-hydrogen) atoms. The van der Waals surface area contributed by atoms with Crippen LogP contribution in [0.5, 0.6) is 0 Å². The number of rotatable bonds is 2. The lowest BCUT2D eigenvalue weighted by Gasteiger charge is -2.09. The van der Waals surface area contributed by atoms with Crippen molar-refractivity contribution < 1.29 is 9.50 Å². The van der Waals surface area contributed by atoms with E-state index in [-0.39, 0.29) is 0 Å². The average molecular weight is 243 g/mol. The van der Waals surface area contributed by atoms with Crippen molar-refractivity contribution >= 4 is 22.9 Å². The van der Waals surface area contributed by atoms with E-state index in [1.54, 1.807) is 12.1 Å². The Morgan fingerprint density at radius 2 is 2.13 bits per heavy atom. The van der Waals surface area contributed by atoms with Crippen LogP contribution in [0.2, 0.25) is 5.02 Å². The molecular formula is C11H8ClFOS. The Morgan fingerprint density at radius 3 is 2.73 bits per heavy atom. The van der Waals surface area contributed by atoms with Gasteiger partial charge in [0.05, 0.1) is 0 Å². The van der Waals surface area contributed by atoms with Gasteiger partial charge in [-0.15, -0.1) is 11.3 Å². The van der Waals surface area contributed by atoms with Gasteiger partial charge < -0.3 is 5.11 Å². The van der Waals surface area contributed by atoms with Crippen molar-refractivity contribution in [3.8, 4) is 0 Å². The highest BCUT2D eigenvalue weighted by Gasteiger charge is 2.12. The molecule has 0 radical (unpaired) electrons. The van der Waals surface area contributed by atoms with Crippen molar-refractivity contribution in [2.24, 2.45) is 0 Å². The van der Waals surface area contributed by atoms with Gasteiger partial charge in [0.2, 0.25) is 0 Å². The van der Waals surface area contributed by atoms with E-state index in [2.05, 4.69) is 0 Å². The van der Waals surface area contributed by atoms with E-state index in [0.29, 0.717) is 10.6 Å². The minimum absolute atomic E-state index is 0.292. The number of hydrogen-bond donors (Lipinski definition) is 1. The average Bonchev–Trinajstić information content (AvgIpc) is 2.67. The van der Waals surface area contributed by atoms with Crippen molar-refractivity contribution in [2.75, 3.05) is 0 Å². The predicted molar refractivity (Wildman–Crippen MR) is 59.8 cm³/mol. The maximum Gasteiger partial charge on any atom is 0.125 e. The molecular weight excluding hydrogens is 235 g/mol. The molecule has 1 nitrogen and oxygen atoms in total. The molecule has 2 rings (SSSR count). The molecule has 0 fully saturated rings. The van der Waals surface area contributed by atoms with E-state index < -0.39 is 11.9 Å². The molecule has 78 valence electrons. The third-order valence-electron chi connectivity index (χ3n) is 2.01. The van der Waals surface area contributed by atoms with Gasteiger partial charge in [-0.1, -0.05) is 17.7 Å². The summed E-state index contributed by atoms with van der Waals surface area (Å²) in [6.07, 6.45) is -0.807. The predicted octanol–water partition coefficient (Wildman–Crippen LogP) is 3.62. The summed E-state index contributed by atoms with van der Waals surface area (Å²) in [7, 11) is 0. The standard InChI is InChI=1S/C11H8ClFOS/c12-8-4-7(5-9(13)6-8)11(14)10-2-1-3-15-10/h1-6,11,14H/t11-/m0/s1. The summed E-state index contributed by atoms with van der Waals surface area (Å²) < 4.78 is 13.0. The summed E-state index contributed by atoms with van der Waals surface area (Å²) in [4.78, 5) is 0.775. The van der Waals surface area contributed by atoms with Crippen LogP contribution in [-0.4, -0.2) is 5.11 Å². The highest BCUT2D eigenvalue weighted by molar-refractivity contribution is 7.10. The fourth-order valence-corrected chi connectivity index (χ4v) is 2.31. The van der Waals surface area contributed by atoms with Crippen LogP contribution in [0, 0.1) is 5.82 Å². The van der Waals surface area contributed by atoms with Crippen LogP contribution >= 0.6 is 22.9 Å². The van der Waals surface area contributed by atoms with Crippen molar-refractivity contribution in [1.29, 1.82) is 0 Å². The SMILES string of the molecule is O[C@@H](c1cc(F)cc(Cl)c1)c1cccs1. The highest BCUT2D eigenvalue weighted by Crippen LogP contribution is 2.28. The van der Waals surface area contributed by atoms with Crippen LogP contribution < -0.4 is 0 Å². The van der Waals surface area contributed by atoms with Gasteiger partial charge in [-0.2, -0.15) is 0 Å². The second-order valence-corrected chi connectivity index (χ2v) is 4.54. The molecule has 1 atom stereocenters. The first-order valence-corrected chi connectivity index (χ1v) is 5.60. The molecule has 1 heterocycles. The quantitative estimate of drug-likeness (QED) is 0.853. The number of thiophene rings is 1. The molecule has 0 aliphatic carbocycles. The fraction of sp³-hybridized carbons (Fsp3) is 0.0909. The molecule has 1 aromatic heterocycles. The van der Waals surface area contributed by atoms with Crippen LogP contribution in [0.15, 0.2) is 35.7 Å². The molecule has 1 N–H and O–H groups in total. The molecule has 0 aliphatic rings. The molecule has 4 heteroatoms. The molecule has 0 saturated heterocycles. The Hall–Kier alpha value is -0.900. The van der Waals surface area contributed by atoms with Crippen molar-refractivity contribution in [3.05, 3.63) is 57.0 Å². The summed E-state index contributed by atoms with van der Waals surface area (Å²) in [5.41, 5.74) is 0.474. The summed E-state index contributed by atoms with van der Waals surface area (Å²) in [5, 5.41) is 12.1. The third-order valence-corrected chi connectivity index (χ3v) is 3.16. The van der Waals surface area contributed by atoms with Gasteiger partial charge in [0.15, 0.2) is 0 Å². The Balaban J connectivity index is 2.37. The lowest BCUT2D eigenvalue weighted by molar-refractivity contribution is 0.223. The van der Waals surface area contributed by atoms with E-state index in [4.69, 9.17) is 11.6 Å². The van der Waals surface area contributed by atoms with Gasteiger partial charge in [0.1, 0.15) is 11.9 Å². The summed E-state index contributed by atoms with van der Waals surface area (Å²) in [6.45, 7) is 0. The van der Waals surface area contributed by atoms with Crippen molar-refractivity contribution in [3.63, 3.8) is 0 Å². The van der Waals surface area contributed by atoms with Gasteiger partial charge in [0, 0.05) is 9.90 Å². The monoisotopic (exact) mass is 242 g/mol. The second kappa shape index (κ2) is 4.31. The van der Waals surface area contributed by atoms with Gasteiger partial charge in [-0.3, -0.25) is 0 Å². The lowest BCUT2D eigenvalue weighted by atomic mass is 10.1. The number of benzene rings is 1. The number of aliphatic hydroxyl groups excluding tert-OH is 1. The number of aliphatic hydroxyl groups is 1. The Kier molecular flexibility index (Phi) is 3.05. The summed E-state index contributed by atoms with van der Waals surface area (Å²) in [6, 6.07) is 7.70. The van der Waals surface area contributed by atoms with E-state index in [1.165, 1.54) is 23.5 Å². The van der Waals surface area contributed by atoms with Gasteiger partial charge in [0.25, 0.3) is 0 Å². The summed E-state index contributed by atoms with van der Waals surface area (Å²) >= 11 is 7.13.